The molecule has 0 N–H and O–H groups in total. The normalized spacial score (nSPS) is 12.1. The molecule has 1 aromatic carbocycles. The summed E-state index contributed by atoms with van der Waals surface area (Å²) in [6.07, 6.45) is 0. The summed E-state index contributed by atoms with van der Waals surface area (Å²) in [4.78, 5) is -0.392. The van der Waals surface area contributed by atoms with Gasteiger partial charge in [0, 0.05) is 5.56 Å². The molecule has 0 fully saturated rings. The third kappa shape index (κ3) is 3.16. The number of halogens is 2. The van der Waals surface area contributed by atoms with Crippen molar-refractivity contribution in [3.8, 4) is 0 Å². The Kier molecular flexibility index (Phi) is 3.82. The first-order valence-electron chi connectivity index (χ1n) is 4.58. The molecular formula is C11H16Cl2N+. The Morgan fingerprint density at radius 2 is 1.64 bits per heavy atom. The van der Waals surface area contributed by atoms with Gasteiger partial charge in [0.25, 0.3) is 0 Å². The van der Waals surface area contributed by atoms with E-state index in [0.717, 1.165) is 6.54 Å². The van der Waals surface area contributed by atoms with Gasteiger partial charge in [0.05, 0.1) is 14.1 Å². The fourth-order valence-electron chi connectivity index (χ4n) is 1.23. The summed E-state index contributed by atoms with van der Waals surface area (Å²) in [5.41, 5.74) is 2.53. The number of benzene rings is 1. The Bertz CT molecular complexity index is 291. The molecule has 14 heavy (non-hydrogen) atoms. The topological polar surface area (TPSA) is 0 Å². The average molecular weight is 233 g/mol. The molecule has 0 bridgehead atoms. The van der Waals surface area contributed by atoms with Gasteiger partial charge in [-0.25, -0.2) is 0 Å². The van der Waals surface area contributed by atoms with E-state index in [2.05, 4.69) is 31.2 Å². The highest BCUT2D eigenvalue weighted by molar-refractivity contribution is 6.42. The summed E-state index contributed by atoms with van der Waals surface area (Å²) in [6.45, 7) is 2.92. The molecule has 0 aromatic heterocycles. The van der Waals surface area contributed by atoms with Gasteiger partial charge in [-0.3, -0.25) is 4.48 Å². The van der Waals surface area contributed by atoms with Crippen molar-refractivity contribution in [1.82, 2.24) is 0 Å². The smallest absolute Gasteiger partial charge is 0.241 e. The molecule has 1 rings (SSSR count). The Morgan fingerprint density at radius 1 is 1.14 bits per heavy atom. The molecule has 1 nitrogen and oxygen atoms in total. The summed E-state index contributed by atoms with van der Waals surface area (Å²) in [7, 11) is 4.04. The lowest BCUT2D eigenvalue weighted by atomic mass is 10.1. The van der Waals surface area contributed by atoms with Crippen LogP contribution in [0.2, 0.25) is 0 Å². The predicted molar refractivity (Wildman–Crippen MR) is 62.5 cm³/mol. The van der Waals surface area contributed by atoms with E-state index in [9.17, 15) is 0 Å². The summed E-state index contributed by atoms with van der Waals surface area (Å²) < 4.78 is 0.576. The van der Waals surface area contributed by atoms with Crippen LogP contribution < -0.4 is 0 Å². The molecule has 0 radical (unpaired) electrons. The second kappa shape index (κ2) is 4.52. The predicted octanol–water partition coefficient (Wildman–Crippen LogP) is 3.33. The Labute approximate surface area is 95.8 Å². The molecule has 0 atom stereocenters. The molecule has 0 heterocycles. The summed E-state index contributed by atoms with van der Waals surface area (Å²) in [6, 6.07) is 8.44. The molecule has 0 aliphatic carbocycles. The molecule has 0 spiro atoms. The van der Waals surface area contributed by atoms with E-state index >= 15 is 0 Å². The van der Waals surface area contributed by atoms with Gasteiger partial charge in [-0.2, -0.15) is 0 Å². The molecule has 0 saturated heterocycles. The average Bonchev–Trinajstić information content (AvgIpc) is 2.08. The van der Waals surface area contributed by atoms with Crippen molar-refractivity contribution < 1.29 is 4.48 Å². The lowest BCUT2D eigenvalue weighted by molar-refractivity contribution is -0.903. The summed E-state index contributed by atoms with van der Waals surface area (Å²) in [5.74, 6) is 0. The summed E-state index contributed by atoms with van der Waals surface area (Å²) in [5, 5.41) is 0. The van der Waals surface area contributed by atoms with Crippen LogP contribution in [0.4, 0.5) is 0 Å². The molecule has 0 saturated carbocycles. The van der Waals surface area contributed by atoms with Crippen molar-refractivity contribution in [2.24, 2.45) is 0 Å². The van der Waals surface area contributed by atoms with Crippen molar-refractivity contribution >= 4 is 23.2 Å². The highest BCUT2D eigenvalue weighted by Gasteiger charge is 2.23. The first-order valence-corrected chi connectivity index (χ1v) is 5.45. The van der Waals surface area contributed by atoms with Crippen LogP contribution in [0.1, 0.15) is 11.1 Å². The van der Waals surface area contributed by atoms with Crippen LogP contribution in [0.3, 0.4) is 0 Å². The largest absolute Gasteiger partial charge is 0.297 e. The van der Waals surface area contributed by atoms with Crippen LogP contribution in [-0.4, -0.2) is 23.5 Å². The maximum absolute atomic E-state index is 5.89. The third-order valence-corrected chi connectivity index (χ3v) is 3.30. The van der Waals surface area contributed by atoms with E-state index in [0.29, 0.717) is 4.48 Å². The molecule has 0 aliphatic rings. The second-order valence-electron chi connectivity index (χ2n) is 4.20. The van der Waals surface area contributed by atoms with Crippen LogP contribution in [-0.2, 0) is 6.54 Å². The lowest BCUT2D eigenvalue weighted by Crippen LogP contribution is -2.42. The van der Waals surface area contributed by atoms with Gasteiger partial charge < -0.3 is 0 Å². The van der Waals surface area contributed by atoms with Crippen molar-refractivity contribution in [3.63, 3.8) is 0 Å². The van der Waals surface area contributed by atoms with Gasteiger partial charge >= 0.3 is 0 Å². The van der Waals surface area contributed by atoms with Crippen LogP contribution >= 0.6 is 23.2 Å². The van der Waals surface area contributed by atoms with Gasteiger partial charge in [0.15, 0.2) is 0 Å². The van der Waals surface area contributed by atoms with Crippen molar-refractivity contribution in [3.05, 3.63) is 35.4 Å². The minimum atomic E-state index is -0.392. The van der Waals surface area contributed by atoms with Crippen LogP contribution in [0.5, 0.6) is 0 Å². The lowest BCUT2D eigenvalue weighted by Gasteiger charge is -2.30. The number of hydrogen-bond donors (Lipinski definition) is 0. The monoisotopic (exact) mass is 232 g/mol. The zero-order valence-electron chi connectivity index (χ0n) is 8.80. The van der Waals surface area contributed by atoms with E-state index in [1.807, 2.05) is 14.1 Å². The Balaban J connectivity index is 2.74. The number of rotatable bonds is 3. The molecule has 0 aliphatic heterocycles. The van der Waals surface area contributed by atoms with Crippen LogP contribution in [0, 0.1) is 6.92 Å². The molecule has 0 amide bonds. The maximum atomic E-state index is 5.89. The van der Waals surface area contributed by atoms with E-state index in [1.165, 1.54) is 11.1 Å². The van der Waals surface area contributed by atoms with Gasteiger partial charge in [-0.05, 0) is 30.1 Å². The number of hydrogen-bond acceptors (Lipinski definition) is 0. The maximum Gasteiger partial charge on any atom is 0.241 e. The van der Waals surface area contributed by atoms with Gasteiger partial charge in [-0.15, -0.1) is 0 Å². The zero-order valence-corrected chi connectivity index (χ0v) is 10.3. The molecule has 0 unspecified atom stereocenters. The van der Waals surface area contributed by atoms with Crippen LogP contribution in [0.15, 0.2) is 24.3 Å². The quantitative estimate of drug-likeness (QED) is 0.426. The van der Waals surface area contributed by atoms with Crippen LogP contribution in [0.25, 0.3) is 0 Å². The molecular weight excluding hydrogens is 217 g/mol. The number of alkyl halides is 2. The third-order valence-electron chi connectivity index (χ3n) is 2.24. The van der Waals surface area contributed by atoms with Gasteiger partial charge in [-0.1, -0.05) is 29.8 Å². The SMILES string of the molecule is Cc1ccc(C[N+](C)(C)C(Cl)Cl)cc1. The highest BCUT2D eigenvalue weighted by atomic mass is 35.5. The first-order chi connectivity index (χ1) is 6.42. The minimum Gasteiger partial charge on any atom is -0.297 e. The fraction of sp³-hybridized carbons (Fsp3) is 0.455. The van der Waals surface area contributed by atoms with Crippen molar-refractivity contribution in [1.29, 1.82) is 0 Å². The Morgan fingerprint density at radius 3 is 2.07 bits per heavy atom. The molecule has 3 heteroatoms. The molecule has 78 valence electrons. The van der Waals surface area contributed by atoms with Gasteiger partial charge in [0.2, 0.25) is 4.96 Å². The second-order valence-corrected chi connectivity index (χ2v) is 5.25. The van der Waals surface area contributed by atoms with E-state index in [1.54, 1.807) is 0 Å². The van der Waals surface area contributed by atoms with E-state index < -0.39 is 4.96 Å². The minimum absolute atomic E-state index is 0.392. The van der Waals surface area contributed by atoms with Crippen molar-refractivity contribution in [2.45, 2.75) is 18.4 Å². The molecule has 1 aromatic rings. The summed E-state index contributed by atoms with van der Waals surface area (Å²) >= 11 is 11.8. The first kappa shape index (κ1) is 11.8. The Hall–Kier alpha value is -0.240. The standard InChI is InChI=1S/C11H16Cl2N/c1-9-4-6-10(7-5-9)8-14(2,3)11(12)13/h4-7,11H,8H2,1-3H3/q+1. The number of quaternary nitrogens is 1. The van der Waals surface area contributed by atoms with Gasteiger partial charge in [0.1, 0.15) is 6.54 Å². The highest BCUT2D eigenvalue weighted by Crippen LogP contribution is 2.19. The van der Waals surface area contributed by atoms with E-state index in [-0.39, 0.29) is 0 Å². The van der Waals surface area contributed by atoms with E-state index in [4.69, 9.17) is 23.2 Å². The number of nitrogens with zero attached hydrogens (tertiary/aromatic N) is 1. The fourth-order valence-corrected chi connectivity index (χ4v) is 1.37. The zero-order chi connectivity index (χ0) is 10.8. The van der Waals surface area contributed by atoms with Crippen molar-refractivity contribution in [2.75, 3.05) is 14.1 Å². The number of aryl methyl sites for hydroxylation is 1.